The summed E-state index contributed by atoms with van der Waals surface area (Å²) in [6, 6.07) is 5.06. The standard InChI is InChI=1S/C9H10ClN3O2/c10-8-3-6(12-7-4-11-5-7)1-2-9(8)13(14)15/h1-3,7,11-12H,4-5H2. The zero-order valence-electron chi connectivity index (χ0n) is 7.87. The van der Waals surface area contributed by atoms with E-state index in [4.69, 9.17) is 11.6 Å². The Morgan fingerprint density at radius 1 is 1.53 bits per heavy atom. The molecular weight excluding hydrogens is 218 g/mol. The number of nitrogens with one attached hydrogen (secondary N) is 2. The van der Waals surface area contributed by atoms with Crippen molar-refractivity contribution >= 4 is 23.0 Å². The molecule has 0 spiro atoms. The third kappa shape index (κ3) is 2.19. The van der Waals surface area contributed by atoms with Crippen molar-refractivity contribution in [1.29, 1.82) is 0 Å². The van der Waals surface area contributed by atoms with Gasteiger partial charge in [0.2, 0.25) is 0 Å². The largest absolute Gasteiger partial charge is 0.380 e. The molecule has 0 radical (unpaired) electrons. The first-order chi connectivity index (χ1) is 7.16. The number of nitro groups is 1. The van der Waals surface area contributed by atoms with Crippen LogP contribution in [0.3, 0.4) is 0 Å². The minimum absolute atomic E-state index is 0.0612. The fourth-order valence-corrected chi connectivity index (χ4v) is 1.62. The Bertz CT molecular complexity index is 393. The lowest BCUT2D eigenvalue weighted by Gasteiger charge is -2.28. The van der Waals surface area contributed by atoms with E-state index in [-0.39, 0.29) is 10.7 Å². The monoisotopic (exact) mass is 227 g/mol. The summed E-state index contributed by atoms with van der Waals surface area (Å²) in [5.41, 5.74) is 0.756. The van der Waals surface area contributed by atoms with E-state index in [1.54, 1.807) is 12.1 Å². The summed E-state index contributed by atoms with van der Waals surface area (Å²) in [6.45, 7) is 1.82. The van der Waals surface area contributed by atoms with Gasteiger partial charge in [0.15, 0.2) is 0 Å². The van der Waals surface area contributed by atoms with Crippen LogP contribution in [0.2, 0.25) is 5.02 Å². The second-order valence-corrected chi connectivity index (χ2v) is 3.83. The quantitative estimate of drug-likeness (QED) is 0.609. The zero-order valence-corrected chi connectivity index (χ0v) is 8.62. The molecule has 0 unspecified atom stereocenters. The second-order valence-electron chi connectivity index (χ2n) is 3.42. The molecule has 0 saturated carbocycles. The van der Waals surface area contributed by atoms with Crippen LogP contribution in [0.4, 0.5) is 11.4 Å². The van der Waals surface area contributed by atoms with Crippen molar-refractivity contribution in [3.05, 3.63) is 33.3 Å². The van der Waals surface area contributed by atoms with Crippen LogP contribution in [0.15, 0.2) is 18.2 Å². The Kier molecular flexibility index (Phi) is 2.75. The normalized spacial score (nSPS) is 15.8. The summed E-state index contributed by atoms with van der Waals surface area (Å²) < 4.78 is 0. The van der Waals surface area contributed by atoms with E-state index in [2.05, 4.69) is 10.6 Å². The summed E-state index contributed by atoms with van der Waals surface area (Å²) in [7, 11) is 0. The van der Waals surface area contributed by atoms with Gasteiger partial charge in [-0.15, -0.1) is 0 Å². The molecule has 80 valence electrons. The first kappa shape index (κ1) is 10.2. The molecule has 0 atom stereocenters. The van der Waals surface area contributed by atoms with Gasteiger partial charge in [-0.2, -0.15) is 0 Å². The Morgan fingerprint density at radius 2 is 2.27 bits per heavy atom. The first-order valence-electron chi connectivity index (χ1n) is 4.58. The van der Waals surface area contributed by atoms with Crippen LogP contribution in [0.25, 0.3) is 0 Å². The predicted octanol–water partition coefficient (Wildman–Crippen LogP) is 1.63. The number of benzene rings is 1. The number of nitrogens with zero attached hydrogens (tertiary/aromatic N) is 1. The van der Waals surface area contributed by atoms with Crippen molar-refractivity contribution in [3.8, 4) is 0 Å². The molecule has 1 aromatic rings. The van der Waals surface area contributed by atoms with E-state index < -0.39 is 4.92 Å². The van der Waals surface area contributed by atoms with Crippen molar-refractivity contribution in [2.75, 3.05) is 18.4 Å². The van der Waals surface area contributed by atoms with E-state index in [0.29, 0.717) is 6.04 Å². The van der Waals surface area contributed by atoms with E-state index in [1.807, 2.05) is 0 Å². The molecule has 1 aliphatic rings. The highest BCUT2D eigenvalue weighted by Crippen LogP contribution is 2.27. The molecule has 1 aromatic carbocycles. The lowest BCUT2D eigenvalue weighted by atomic mass is 10.1. The van der Waals surface area contributed by atoms with E-state index in [0.717, 1.165) is 18.8 Å². The Morgan fingerprint density at radius 3 is 2.73 bits per heavy atom. The highest BCUT2D eigenvalue weighted by molar-refractivity contribution is 6.32. The molecule has 0 bridgehead atoms. The van der Waals surface area contributed by atoms with Crippen molar-refractivity contribution < 1.29 is 4.92 Å². The number of rotatable bonds is 3. The zero-order chi connectivity index (χ0) is 10.8. The predicted molar refractivity (Wildman–Crippen MR) is 58.4 cm³/mol. The Balaban J connectivity index is 2.13. The molecule has 2 N–H and O–H groups in total. The second kappa shape index (κ2) is 4.04. The number of anilines is 1. The van der Waals surface area contributed by atoms with Gasteiger partial charge in [-0.25, -0.2) is 0 Å². The van der Waals surface area contributed by atoms with Crippen LogP contribution in [-0.2, 0) is 0 Å². The van der Waals surface area contributed by atoms with Crippen LogP contribution in [0.1, 0.15) is 0 Å². The number of hydrogen-bond donors (Lipinski definition) is 2. The maximum Gasteiger partial charge on any atom is 0.288 e. The average Bonchev–Trinajstić information content (AvgIpc) is 2.11. The average molecular weight is 228 g/mol. The molecule has 1 saturated heterocycles. The van der Waals surface area contributed by atoms with E-state index >= 15 is 0 Å². The molecule has 2 rings (SSSR count). The molecular formula is C9H10ClN3O2. The van der Waals surface area contributed by atoms with E-state index in [1.165, 1.54) is 6.07 Å². The van der Waals surface area contributed by atoms with E-state index in [9.17, 15) is 10.1 Å². The Labute approximate surface area is 91.6 Å². The topological polar surface area (TPSA) is 67.2 Å². The van der Waals surface area contributed by atoms with Gasteiger partial charge in [0.25, 0.3) is 5.69 Å². The molecule has 0 amide bonds. The molecule has 1 aliphatic heterocycles. The van der Waals surface area contributed by atoms with Crippen LogP contribution in [0.5, 0.6) is 0 Å². The Hall–Kier alpha value is -1.33. The van der Waals surface area contributed by atoms with Crippen LogP contribution < -0.4 is 10.6 Å². The van der Waals surface area contributed by atoms with Crippen LogP contribution in [0, 0.1) is 10.1 Å². The highest BCUT2D eigenvalue weighted by Gasteiger charge is 2.17. The number of nitro benzene ring substituents is 1. The van der Waals surface area contributed by atoms with Crippen molar-refractivity contribution in [3.63, 3.8) is 0 Å². The smallest absolute Gasteiger partial charge is 0.288 e. The minimum atomic E-state index is -0.489. The van der Waals surface area contributed by atoms with Gasteiger partial charge in [0, 0.05) is 24.8 Å². The molecule has 1 fully saturated rings. The minimum Gasteiger partial charge on any atom is -0.380 e. The lowest BCUT2D eigenvalue weighted by Crippen LogP contribution is -2.51. The third-order valence-corrected chi connectivity index (χ3v) is 2.60. The summed E-state index contributed by atoms with van der Waals surface area (Å²) in [6.07, 6.45) is 0. The van der Waals surface area contributed by atoms with Gasteiger partial charge in [-0.1, -0.05) is 11.6 Å². The number of hydrogen-bond acceptors (Lipinski definition) is 4. The fraction of sp³-hybridized carbons (Fsp3) is 0.333. The molecule has 6 heteroatoms. The lowest BCUT2D eigenvalue weighted by molar-refractivity contribution is -0.384. The SMILES string of the molecule is O=[N+]([O-])c1ccc(NC2CNC2)cc1Cl. The van der Waals surface area contributed by atoms with Gasteiger partial charge in [0.1, 0.15) is 5.02 Å². The maximum absolute atomic E-state index is 10.5. The third-order valence-electron chi connectivity index (χ3n) is 2.30. The molecule has 15 heavy (non-hydrogen) atoms. The van der Waals surface area contributed by atoms with Crippen LogP contribution >= 0.6 is 11.6 Å². The van der Waals surface area contributed by atoms with Gasteiger partial charge in [-0.05, 0) is 12.1 Å². The van der Waals surface area contributed by atoms with Gasteiger partial charge in [-0.3, -0.25) is 10.1 Å². The maximum atomic E-state index is 10.5. The van der Waals surface area contributed by atoms with Crippen molar-refractivity contribution in [2.45, 2.75) is 6.04 Å². The van der Waals surface area contributed by atoms with Crippen molar-refractivity contribution in [2.24, 2.45) is 0 Å². The van der Waals surface area contributed by atoms with Crippen LogP contribution in [-0.4, -0.2) is 24.1 Å². The summed E-state index contributed by atoms with van der Waals surface area (Å²) in [5.74, 6) is 0. The molecule has 0 aromatic heterocycles. The molecule has 1 heterocycles. The van der Waals surface area contributed by atoms with Crippen molar-refractivity contribution in [1.82, 2.24) is 5.32 Å². The number of halogens is 1. The molecule has 0 aliphatic carbocycles. The summed E-state index contributed by atoms with van der Waals surface area (Å²) in [4.78, 5) is 10.0. The van der Waals surface area contributed by atoms with Gasteiger partial charge in [0.05, 0.1) is 11.0 Å². The van der Waals surface area contributed by atoms with Gasteiger partial charge >= 0.3 is 0 Å². The summed E-state index contributed by atoms with van der Waals surface area (Å²) >= 11 is 5.77. The first-order valence-corrected chi connectivity index (χ1v) is 4.96. The summed E-state index contributed by atoms with van der Waals surface area (Å²) in [5, 5.41) is 17.0. The van der Waals surface area contributed by atoms with Gasteiger partial charge < -0.3 is 10.6 Å². The highest BCUT2D eigenvalue weighted by atomic mass is 35.5. The molecule has 5 nitrogen and oxygen atoms in total. The fourth-order valence-electron chi connectivity index (χ4n) is 1.37.